The summed E-state index contributed by atoms with van der Waals surface area (Å²) in [5.74, 6) is 0. The average Bonchev–Trinajstić information content (AvgIpc) is 2.14. The summed E-state index contributed by atoms with van der Waals surface area (Å²) in [7, 11) is 6.26. The van der Waals surface area contributed by atoms with Crippen molar-refractivity contribution in [1.29, 1.82) is 0 Å². The van der Waals surface area contributed by atoms with E-state index >= 15 is 0 Å². The molecule has 0 amide bonds. The van der Waals surface area contributed by atoms with Crippen molar-refractivity contribution >= 4 is 0 Å². The fourth-order valence-corrected chi connectivity index (χ4v) is 2.16. The molecule has 0 heterocycles. The highest BCUT2D eigenvalue weighted by Crippen LogP contribution is 2.20. The van der Waals surface area contributed by atoms with Gasteiger partial charge in [0.05, 0.1) is 33.9 Å². The minimum Gasteiger partial charge on any atom is -0.385 e. The molecule has 0 aromatic rings. The highest BCUT2D eigenvalue weighted by molar-refractivity contribution is 4.66. The molecule has 1 aliphatic rings. The Labute approximate surface area is 93.6 Å². The Morgan fingerprint density at radius 2 is 1.80 bits per heavy atom. The van der Waals surface area contributed by atoms with Gasteiger partial charge in [-0.25, -0.2) is 0 Å². The van der Waals surface area contributed by atoms with Crippen LogP contribution in [0.15, 0.2) is 0 Å². The molecule has 15 heavy (non-hydrogen) atoms. The van der Waals surface area contributed by atoms with E-state index in [9.17, 15) is 5.11 Å². The highest BCUT2D eigenvalue weighted by atomic mass is 16.5. The Morgan fingerprint density at radius 3 is 2.33 bits per heavy atom. The van der Waals surface area contributed by atoms with Gasteiger partial charge >= 0.3 is 0 Å². The van der Waals surface area contributed by atoms with Crippen molar-refractivity contribution in [2.24, 2.45) is 0 Å². The molecule has 1 fully saturated rings. The first-order valence-corrected chi connectivity index (χ1v) is 6.07. The largest absolute Gasteiger partial charge is 0.385 e. The molecule has 1 rings (SSSR count). The van der Waals surface area contributed by atoms with Crippen LogP contribution in [-0.4, -0.2) is 56.1 Å². The van der Waals surface area contributed by atoms with E-state index in [4.69, 9.17) is 4.74 Å². The number of quaternary nitrogens is 1. The summed E-state index contributed by atoms with van der Waals surface area (Å²) < 4.78 is 6.52. The van der Waals surface area contributed by atoms with E-state index in [0.717, 1.165) is 11.0 Å². The van der Waals surface area contributed by atoms with Crippen molar-refractivity contribution in [1.82, 2.24) is 0 Å². The van der Waals surface area contributed by atoms with Gasteiger partial charge in [-0.2, -0.15) is 0 Å². The van der Waals surface area contributed by atoms with Crippen LogP contribution in [0.3, 0.4) is 0 Å². The van der Waals surface area contributed by atoms with Crippen molar-refractivity contribution in [2.75, 3.05) is 34.3 Å². The van der Waals surface area contributed by atoms with E-state index in [1.165, 1.54) is 32.1 Å². The van der Waals surface area contributed by atoms with E-state index in [1.54, 1.807) is 0 Å². The lowest BCUT2D eigenvalue weighted by atomic mass is 9.98. The molecule has 0 spiro atoms. The average molecular weight is 216 g/mol. The van der Waals surface area contributed by atoms with Gasteiger partial charge in [-0.05, 0) is 12.8 Å². The van der Waals surface area contributed by atoms with Gasteiger partial charge in [-0.3, -0.25) is 0 Å². The van der Waals surface area contributed by atoms with Crippen molar-refractivity contribution < 1.29 is 14.3 Å². The van der Waals surface area contributed by atoms with Crippen LogP contribution < -0.4 is 0 Å². The molecule has 3 nitrogen and oxygen atoms in total. The number of hydrogen-bond donors (Lipinski definition) is 1. The first-order chi connectivity index (χ1) is 6.97. The SMILES string of the molecule is C[N+](C)(C)CC(O)COC1CCCCC1. The maximum absolute atomic E-state index is 9.77. The summed E-state index contributed by atoms with van der Waals surface area (Å²) in [6.45, 7) is 1.26. The van der Waals surface area contributed by atoms with Crippen molar-refractivity contribution in [3.63, 3.8) is 0 Å². The van der Waals surface area contributed by atoms with Gasteiger partial charge in [0.15, 0.2) is 0 Å². The molecular formula is C12H26NO2+. The van der Waals surface area contributed by atoms with Crippen molar-refractivity contribution in [3.05, 3.63) is 0 Å². The van der Waals surface area contributed by atoms with Gasteiger partial charge in [-0.15, -0.1) is 0 Å². The third-order valence-electron chi connectivity index (χ3n) is 2.83. The van der Waals surface area contributed by atoms with Crippen LogP contribution in [0.4, 0.5) is 0 Å². The minimum atomic E-state index is -0.327. The molecule has 3 heteroatoms. The standard InChI is InChI=1S/C12H26NO2/c1-13(2,3)9-11(14)10-15-12-7-5-4-6-8-12/h11-12,14H,4-10H2,1-3H3/q+1. The lowest BCUT2D eigenvalue weighted by Gasteiger charge is -2.28. The molecule has 0 aliphatic heterocycles. The zero-order chi connectivity index (χ0) is 11.3. The second-order valence-electron chi connectivity index (χ2n) is 5.72. The molecule has 1 N–H and O–H groups in total. The molecule has 1 aliphatic carbocycles. The maximum atomic E-state index is 9.77. The summed E-state index contributed by atoms with van der Waals surface area (Å²) in [6.07, 6.45) is 6.36. The third kappa shape index (κ3) is 6.13. The monoisotopic (exact) mass is 216 g/mol. The smallest absolute Gasteiger partial charge is 0.126 e. The Kier molecular flexibility index (Phi) is 5.03. The molecule has 0 aromatic carbocycles. The molecule has 1 saturated carbocycles. The Bertz CT molecular complexity index is 171. The summed E-state index contributed by atoms with van der Waals surface area (Å²) in [5, 5.41) is 9.77. The van der Waals surface area contributed by atoms with E-state index in [-0.39, 0.29) is 6.10 Å². The van der Waals surface area contributed by atoms with Gasteiger partial charge in [0.25, 0.3) is 0 Å². The number of hydrogen-bond acceptors (Lipinski definition) is 2. The summed E-state index contributed by atoms with van der Waals surface area (Å²) in [5.41, 5.74) is 0. The molecule has 90 valence electrons. The Hall–Kier alpha value is -0.120. The number of aliphatic hydroxyl groups is 1. The summed E-state index contributed by atoms with van der Waals surface area (Å²) in [6, 6.07) is 0. The van der Waals surface area contributed by atoms with Gasteiger partial charge in [-0.1, -0.05) is 19.3 Å². The van der Waals surface area contributed by atoms with Crippen LogP contribution >= 0.6 is 0 Å². The van der Waals surface area contributed by atoms with Gasteiger partial charge in [0.2, 0.25) is 0 Å². The second kappa shape index (κ2) is 5.83. The van der Waals surface area contributed by atoms with E-state index in [2.05, 4.69) is 21.1 Å². The number of aliphatic hydroxyl groups excluding tert-OH is 1. The van der Waals surface area contributed by atoms with Crippen molar-refractivity contribution in [3.8, 4) is 0 Å². The molecule has 0 saturated heterocycles. The van der Waals surface area contributed by atoms with Crippen LogP contribution in [0, 0.1) is 0 Å². The number of nitrogens with zero attached hydrogens (tertiary/aromatic N) is 1. The second-order valence-corrected chi connectivity index (χ2v) is 5.72. The zero-order valence-corrected chi connectivity index (χ0v) is 10.4. The van der Waals surface area contributed by atoms with Crippen LogP contribution in [0.2, 0.25) is 0 Å². The van der Waals surface area contributed by atoms with E-state index in [0.29, 0.717) is 12.7 Å². The maximum Gasteiger partial charge on any atom is 0.126 e. The lowest BCUT2D eigenvalue weighted by Crippen LogP contribution is -2.43. The quantitative estimate of drug-likeness (QED) is 0.704. The third-order valence-corrected chi connectivity index (χ3v) is 2.83. The van der Waals surface area contributed by atoms with Crippen LogP contribution in [-0.2, 0) is 4.74 Å². The molecule has 0 aromatic heterocycles. The van der Waals surface area contributed by atoms with Crippen LogP contribution in [0.5, 0.6) is 0 Å². The van der Waals surface area contributed by atoms with Crippen LogP contribution in [0.25, 0.3) is 0 Å². The van der Waals surface area contributed by atoms with E-state index < -0.39 is 0 Å². The molecule has 0 radical (unpaired) electrons. The van der Waals surface area contributed by atoms with Gasteiger partial charge in [0, 0.05) is 0 Å². The Morgan fingerprint density at radius 1 is 1.20 bits per heavy atom. The fraction of sp³-hybridized carbons (Fsp3) is 1.00. The van der Waals surface area contributed by atoms with Gasteiger partial charge in [0.1, 0.15) is 12.6 Å². The molecule has 1 atom stereocenters. The first-order valence-electron chi connectivity index (χ1n) is 6.07. The van der Waals surface area contributed by atoms with Crippen LogP contribution in [0.1, 0.15) is 32.1 Å². The number of rotatable bonds is 5. The predicted molar refractivity (Wildman–Crippen MR) is 61.7 cm³/mol. The topological polar surface area (TPSA) is 29.5 Å². The summed E-state index contributed by atoms with van der Waals surface area (Å²) >= 11 is 0. The van der Waals surface area contributed by atoms with Crippen molar-refractivity contribution in [2.45, 2.75) is 44.3 Å². The zero-order valence-electron chi connectivity index (χ0n) is 10.4. The molecular weight excluding hydrogens is 190 g/mol. The summed E-state index contributed by atoms with van der Waals surface area (Å²) in [4.78, 5) is 0. The van der Waals surface area contributed by atoms with Gasteiger partial charge < -0.3 is 14.3 Å². The highest BCUT2D eigenvalue weighted by Gasteiger charge is 2.19. The number of likely N-dealkylation sites (N-methyl/N-ethyl adjacent to an activating group) is 1. The number of ether oxygens (including phenoxy) is 1. The minimum absolute atomic E-state index is 0.327. The Balaban J connectivity index is 2.12. The molecule has 0 bridgehead atoms. The lowest BCUT2D eigenvalue weighted by molar-refractivity contribution is -0.873. The molecule has 1 unspecified atom stereocenters. The van der Waals surface area contributed by atoms with E-state index in [1.807, 2.05) is 0 Å². The first kappa shape index (κ1) is 12.9. The predicted octanol–water partition coefficient (Wildman–Crippen LogP) is 1.40. The fourth-order valence-electron chi connectivity index (χ4n) is 2.16. The normalized spacial score (nSPS) is 21.6.